The lowest BCUT2D eigenvalue weighted by Crippen LogP contribution is -2.58. The SMILES string of the molecule is CC(C)(C)OC(=O)N1CCN2C(=O)c3ccc(F)nc3OCC2C1. The van der Waals surface area contributed by atoms with Gasteiger partial charge in [-0.15, -0.1) is 0 Å². The molecule has 2 aliphatic heterocycles. The van der Waals surface area contributed by atoms with Crippen LogP contribution in [0.4, 0.5) is 9.18 Å². The fraction of sp³-hybridized carbons (Fsp3) is 0.562. The summed E-state index contributed by atoms with van der Waals surface area (Å²) in [7, 11) is 0. The molecule has 2 amide bonds. The highest BCUT2D eigenvalue weighted by molar-refractivity contribution is 5.97. The van der Waals surface area contributed by atoms with Crippen molar-refractivity contribution in [3.63, 3.8) is 0 Å². The summed E-state index contributed by atoms with van der Waals surface area (Å²) in [6.07, 6.45) is -0.416. The first kappa shape index (κ1) is 16.5. The molecule has 0 N–H and O–H groups in total. The summed E-state index contributed by atoms with van der Waals surface area (Å²) in [5.74, 6) is -0.959. The highest BCUT2D eigenvalue weighted by Crippen LogP contribution is 2.25. The van der Waals surface area contributed by atoms with Crippen molar-refractivity contribution in [2.45, 2.75) is 32.4 Å². The third-order valence-corrected chi connectivity index (χ3v) is 3.86. The van der Waals surface area contributed by atoms with Gasteiger partial charge in [0.1, 0.15) is 17.8 Å². The molecule has 0 spiro atoms. The Hall–Kier alpha value is -2.38. The Morgan fingerprint density at radius 2 is 2.12 bits per heavy atom. The molecule has 0 aromatic carbocycles. The van der Waals surface area contributed by atoms with Gasteiger partial charge in [0, 0.05) is 19.6 Å². The lowest BCUT2D eigenvalue weighted by Gasteiger charge is -2.40. The highest BCUT2D eigenvalue weighted by Gasteiger charge is 2.38. The molecule has 24 heavy (non-hydrogen) atoms. The zero-order chi connectivity index (χ0) is 17.5. The Bertz CT molecular complexity index is 674. The number of halogens is 1. The van der Waals surface area contributed by atoms with Crippen molar-refractivity contribution in [1.29, 1.82) is 0 Å². The predicted molar refractivity (Wildman–Crippen MR) is 82.3 cm³/mol. The zero-order valence-corrected chi connectivity index (χ0v) is 13.9. The van der Waals surface area contributed by atoms with Gasteiger partial charge in [0.05, 0.1) is 6.04 Å². The van der Waals surface area contributed by atoms with Gasteiger partial charge in [0.2, 0.25) is 11.8 Å². The molecule has 1 fully saturated rings. The van der Waals surface area contributed by atoms with Crippen molar-refractivity contribution in [2.75, 3.05) is 26.2 Å². The molecular formula is C16H20FN3O4. The maximum atomic E-state index is 13.3. The van der Waals surface area contributed by atoms with Gasteiger partial charge in [-0.1, -0.05) is 0 Å². The quantitative estimate of drug-likeness (QED) is 0.674. The Balaban J connectivity index is 1.76. The summed E-state index contributed by atoms with van der Waals surface area (Å²) in [6, 6.07) is 2.19. The van der Waals surface area contributed by atoms with Crippen molar-refractivity contribution in [3.8, 4) is 5.88 Å². The van der Waals surface area contributed by atoms with Gasteiger partial charge in [-0.2, -0.15) is 9.37 Å². The number of hydrogen-bond donors (Lipinski definition) is 0. The first-order valence-corrected chi connectivity index (χ1v) is 7.83. The van der Waals surface area contributed by atoms with Crippen LogP contribution in [-0.4, -0.2) is 64.7 Å². The van der Waals surface area contributed by atoms with E-state index in [1.807, 2.05) is 0 Å². The van der Waals surface area contributed by atoms with Crippen LogP contribution in [0.3, 0.4) is 0 Å². The summed E-state index contributed by atoms with van der Waals surface area (Å²) in [4.78, 5) is 31.7. The molecule has 2 aliphatic rings. The van der Waals surface area contributed by atoms with Crippen LogP contribution in [0.1, 0.15) is 31.1 Å². The maximum absolute atomic E-state index is 13.3. The van der Waals surface area contributed by atoms with E-state index in [1.54, 1.807) is 30.6 Å². The summed E-state index contributed by atoms with van der Waals surface area (Å²) < 4.78 is 24.1. The molecule has 1 aromatic heterocycles. The summed E-state index contributed by atoms with van der Waals surface area (Å²) in [5.41, 5.74) is -0.341. The van der Waals surface area contributed by atoms with Gasteiger partial charge in [-0.05, 0) is 32.9 Å². The minimum Gasteiger partial charge on any atom is -0.475 e. The zero-order valence-electron chi connectivity index (χ0n) is 13.9. The number of carbonyl (C=O) groups excluding carboxylic acids is 2. The molecule has 0 saturated carbocycles. The lowest BCUT2D eigenvalue weighted by atomic mass is 10.1. The number of amides is 2. The highest BCUT2D eigenvalue weighted by atomic mass is 19.1. The largest absolute Gasteiger partial charge is 0.475 e. The van der Waals surface area contributed by atoms with Crippen LogP contribution in [0, 0.1) is 5.95 Å². The molecule has 1 saturated heterocycles. The second-order valence-corrected chi connectivity index (χ2v) is 6.88. The van der Waals surface area contributed by atoms with E-state index < -0.39 is 17.6 Å². The third kappa shape index (κ3) is 3.27. The molecule has 130 valence electrons. The van der Waals surface area contributed by atoms with Crippen LogP contribution < -0.4 is 4.74 Å². The number of aromatic nitrogens is 1. The average molecular weight is 337 g/mol. The molecule has 1 atom stereocenters. The van der Waals surface area contributed by atoms with Crippen molar-refractivity contribution in [2.24, 2.45) is 0 Å². The van der Waals surface area contributed by atoms with Gasteiger partial charge < -0.3 is 19.3 Å². The number of rotatable bonds is 0. The molecule has 1 aromatic rings. The molecule has 3 heterocycles. The normalized spacial score (nSPS) is 20.7. The third-order valence-electron chi connectivity index (χ3n) is 3.86. The molecule has 1 unspecified atom stereocenters. The standard InChI is InChI=1S/C16H20FN3O4/c1-16(2,3)24-15(22)19-6-7-20-10(8-19)9-23-13-11(14(20)21)4-5-12(17)18-13/h4-5,10H,6-9H2,1-3H3. The number of nitrogens with zero attached hydrogens (tertiary/aromatic N) is 3. The maximum Gasteiger partial charge on any atom is 0.410 e. The predicted octanol–water partition coefficient (Wildman–Crippen LogP) is 1.67. The number of piperazine rings is 1. The van der Waals surface area contributed by atoms with E-state index in [1.165, 1.54) is 6.07 Å². The van der Waals surface area contributed by atoms with Crippen LogP contribution in [0.25, 0.3) is 0 Å². The second kappa shape index (κ2) is 5.92. The summed E-state index contributed by atoms with van der Waals surface area (Å²) in [6.45, 7) is 6.60. The second-order valence-electron chi connectivity index (χ2n) is 6.88. The smallest absolute Gasteiger partial charge is 0.410 e. The van der Waals surface area contributed by atoms with E-state index in [4.69, 9.17) is 9.47 Å². The van der Waals surface area contributed by atoms with Gasteiger partial charge in [0.25, 0.3) is 5.91 Å². The topological polar surface area (TPSA) is 72.0 Å². The van der Waals surface area contributed by atoms with Crippen LogP contribution in [0.15, 0.2) is 12.1 Å². The lowest BCUT2D eigenvalue weighted by molar-refractivity contribution is 0.000845. The first-order chi connectivity index (χ1) is 11.2. The van der Waals surface area contributed by atoms with Crippen LogP contribution >= 0.6 is 0 Å². The molecule has 3 rings (SSSR count). The molecule has 0 radical (unpaired) electrons. The Morgan fingerprint density at radius 3 is 2.83 bits per heavy atom. The Kier molecular flexibility index (Phi) is 4.06. The molecule has 7 nitrogen and oxygen atoms in total. The van der Waals surface area contributed by atoms with E-state index in [0.29, 0.717) is 19.6 Å². The molecular weight excluding hydrogens is 317 g/mol. The minimum atomic E-state index is -0.697. The van der Waals surface area contributed by atoms with Gasteiger partial charge in [-0.3, -0.25) is 4.79 Å². The van der Waals surface area contributed by atoms with E-state index in [-0.39, 0.29) is 30.0 Å². The van der Waals surface area contributed by atoms with Crippen molar-refractivity contribution < 1.29 is 23.5 Å². The van der Waals surface area contributed by atoms with Crippen LogP contribution in [0.2, 0.25) is 0 Å². The molecule has 0 bridgehead atoms. The fourth-order valence-corrected chi connectivity index (χ4v) is 2.78. The van der Waals surface area contributed by atoms with Crippen LogP contribution in [0.5, 0.6) is 5.88 Å². The number of hydrogen-bond acceptors (Lipinski definition) is 5. The first-order valence-electron chi connectivity index (χ1n) is 7.83. The number of pyridine rings is 1. The van der Waals surface area contributed by atoms with Crippen molar-refractivity contribution in [1.82, 2.24) is 14.8 Å². The van der Waals surface area contributed by atoms with E-state index in [0.717, 1.165) is 6.07 Å². The van der Waals surface area contributed by atoms with Crippen LogP contribution in [-0.2, 0) is 4.74 Å². The average Bonchev–Trinajstić information content (AvgIpc) is 2.63. The number of ether oxygens (including phenoxy) is 2. The summed E-state index contributed by atoms with van der Waals surface area (Å²) in [5, 5.41) is 0. The summed E-state index contributed by atoms with van der Waals surface area (Å²) >= 11 is 0. The van der Waals surface area contributed by atoms with E-state index >= 15 is 0 Å². The molecule has 0 aliphatic carbocycles. The minimum absolute atomic E-state index is 0.00165. The van der Waals surface area contributed by atoms with Gasteiger partial charge in [0.15, 0.2) is 0 Å². The molecule has 8 heteroatoms. The Labute approximate surface area is 139 Å². The fourth-order valence-electron chi connectivity index (χ4n) is 2.78. The van der Waals surface area contributed by atoms with Crippen molar-refractivity contribution in [3.05, 3.63) is 23.6 Å². The van der Waals surface area contributed by atoms with E-state index in [2.05, 4.69) is 4.98 Å². The number of fused-ring (bicyclic) bond motifs is 2. The number of carbonyl (C=O) groups is 2. The van der Waals surface area contributed by atoms with Gasteiger partial charge >= 0.3 is 6.09 Å². The van der Waals surface area contributed by atoms with Gasteiger partial charge in [-0.25, -0.2) is 4.79 Å². The van der Waals surface area contributed by atoms with Crippen molar-refractivity contribution >= 4 is 12.0 Å². The van der Waals surface area contributed by atoms with E-state index in [9.17, 15) is 14.0 Å². The monoisotopic (exact) mass is 337 g/mol. The Morgan fingerprint density at radius 1 is 1.38 bits per heavy atom.